The summed E-state index contributed by atoms with van der Waals surface area (Å²) < 4.78 is 0. The van der Waals surface area contributed by atoms with Gasteiger partial charge in [0.05, 0.1) is 6.04 Å². The van der Waals surface area contributed by atoms with Crippen molar-refractivity contribution in [2.75, 3.05) is 38.3 Å². The summed E-state index contributed by atoms with van der Waals surface area (Å²) in [5.41, 5.74) is 3.51. The molecule has 0 amide bonds. The molecule has 5 heteroatoms. The maximum absolute atomic E-state index is 4.44. The first-order valence-corrected chi connectivity index (χ1v) is 7.50. The Balaban J connectivity index is 2.12. The van der Waals surface area contributed by atoms with Crippen molar-refractivity contribution in [3.05, 3.63) is 47.2 Å². The fourth-order valence-corrected chi connectivity index (χ4v) is 2.36. The molecule has 0 saturated heterocycles. The molecule has 0 saturated carbocycles. The largest absolute Gasteiger partial charge is 0.368 e. The van der Waals surface area contributed by atoms with Crippen LogP contribution in [0, 0.1) is 13.8 Å². The molecule has 1 aromatic carbocycles. The number of hydrogen-bond donors (Lipinski definition) is 2. The Morgan fingerprint density at radius 2 is 1.77 bits per heavy atom. The molecule has 0 spiro atoms. The topological polar surface area (TPSA) is 53.1 Å². The third kappa shape index (κ3) is 4.18. The molecule has 118 valence electrons. The quantitative estimate of drug-likeness (QED) is 0.859. The van der Waals surface area contributed by atoms with Crippen molar-refractivity contribution in [2.45, 2.75) is 19.9 Å². The predicted molar refractivity (Wildman–Crippen MR) is 92.4 cm³/mol. The van der Waals surface area contributed by atoms with E-state index >= 15 is 0 Å². The number of aromatic nitrogens is 2. The summed E-state index contributed by atoms with van der Waals surface area (Å²) in [6, 6.07) is 10.9. The molecule has 5 nitrogen and oxygen atoms in total. The Morgan fingerprint density at radius 1 is 1.09 bits per heavy atom. The minimum absolute atomic E-state index is 0.286. The molecule has 1 atom stereocenters. The highest BCUT2D eigenvalue weighted by Gasteiger charge is 2.14. The van der Waals surface area contributed by atoms with Crippen molar-refractivity contribution < 1.29 is 0 Å². The van der Waals surface area contributed by atoms with E-state index in [9.17, 15) is 0 Å². The van der Waals surface area contributed by atoms with E-state index < -0.39 is 0 Å². The third-order valence-corrected chi connectivity index (χ3v) is 3.64. The summed E-state index contributed by atoms with van der Waals surface area (Å²) in [5.74, 6) is 1.48. The molecule has 0 aliphatic rings. The highest BCUT2D eigenvalue weighted by molar-refractivity contribution is 5.42. The van der Waals surface area contributed by atoms with Crippen LogP contribution in [-0.2, 0) is 0 Å². The second kappa shape index (κ2) is 7.22. The van der Waals surface area contributed by atoms with Gasteiger partial charge in [-0.3, -0.25) is 0 Å². The fraction of sp³-hybridized carbons (Fsp3) is 0.412. The Kier molecular flexibility index (Phi) is 5.33. The van der Waals surface area contributed by atoms with Gasteiger partial charge in [0.2, 0.25) is 5.95 Å². The number of nitrogens with one attached hydrogen (secondary N) is 2. The van der Waals surface area contributed by atoms with Crippen LogP contribution in [0.5, 0.6) is 0 Å². The lowest BCUT2D eigenvalue weighted by molar-refractivity contribution is 0.311. The van der Waals surface area contributed by atoms with Gasteiger partial charge in [-0.25, -0.2) is 4.98 Å². The number of hydrogen-bond acceptors (Lipinski definition) is 5. The van der Waals surface area contributed by atoms with Crippen molar-refractivity contribution in [2.24, 2.45) is 0 Å². The monoisotopic (exact) mass is 299 g/mol. The van der Waals surface area contributed by atoms with Crippen LogP contribution < -0.4 is 10.6 Å². The van der Waals surface area contributed by atoms with Crippen LogP contribution in [0.25, 0.3) is 0 Å². The van der Waals surface area contributed by atoms with E-state index in [1.165, 1.54) is 11.1 Å². The third-order valence-electron chi connectivity index (χ3n) is 3.64. The van der Waals surface area contributed by atoms with E-state index in [1.54, 1.807) is 0 Å². The lowest BCUT2D eigenvalue weighted by Crippen LogP contribution is -2.27. The van der Waals surface area contributed by atoms with Gasteiger partial charge >= 0.3 is 0 Å². The van der Waals surface area contributed by atoms with E-state index in [0.717, 1.165) is 18.1 Å². The number of rotatable bonds is 6. The van der Waals surface area contributed by atoms with Gasteiger partial charge in [-0.05, 0) is 33.5 Å². The normalized spacial score (nSPS) is 12.3. The number of likely N-dealkylation sites (N-methyl/N-ethyl adjacent to an activating group) is 1. The van der Waals surface area contributed by atoms with Crippen LogP contribution in [0.4, 0.5) is 11.8 Å². The van der Waals surface area contributed by atoms with Gasteiger partial charge in [0.1, 0.15) is 5.82 Å². The van der Waals surface area contributed by atoms with Gasteiger partial charge in [-0.2, -0.15) is 4.98 Å². The molecule has 1 heterocycles. The van der Waals surface area contributed by atoms with E-state index in [2.05, 4.69) is 70.8 Å². The van der Waals surface area contributed by atoms with Gasteiger partial charge in [0, 0.05) is 25.4 Å². The van der Waals surface area contributed by atoms with E-state index in [-0.39, 0.29) is 6.04 Å². The second-order valence-corrected chi connectivity index (χ2v) is 5.74. The predicted octanol–water partition coefficient (Wildman–Crippen LogP) is 2.85. The molecule has 2 rings (SSSR count). The van der Waals surface area contributed by atoms with Crippen LogP contribution in [0.1, 0.15) is 22.9 Å². The second-order valence-electron chi connectivity index (χ2n) is 5.74. The Labute approximate surface area is 132 Å². The zero-order valence-corrected chi connectivity index (χ0v) is 14.0. The zero-order chi connectivity index (χ0) is 16.1. The van der Waals surface area contributed by atoms with Crippen LogP contribution in [0.15, 0.2) is 30.3 Å². The van der Waals surface area contributed by atoms with E-state index in [4.69, 9.17) is 0 Å². The summed E-state index contributed by atoms with van der Waals surface area (Å²) in [7, 11) is 6.01. The van der Waals surface area contributed by atoms with Crippen molar-refractivity contribution in [3.63, 3.8) is 0 Å². The maximum Gasteiger partial charge on any atom is 0.224 e. The molecular formula is C17H25N5. The van der Waals surface area contributed by atoms with Gasteiger partial charge in [-0.1, -0.05) is 29.8 Å². The van der Waals surface area contributed by atoms with Crippen LogP contribution in [0.3, 0.4) is 0 Å². The van der Waals surface area contributed by atoms with Gasteiger partial charge in [0.25, 0.3) is 0 Å². The standard InChI is InChI=1S/C17H25N5/c1-12-6-8-14(9-7-12)15(22(4)5)11-19-16-10-13(2)20-17(18-3)21-16/h6-10,15H,11H2,1-5H3,(H2,18,19,20,21). The van der Waals surface area contributed by atoms with Crippen molar-refractivity contribution >= 4 is 11.8 Å². The molecule has 0 aliphatic carbocycles. The summed E-state index contributed by atoms with van der Waals surface area (Å²) in [6.45, 7) is 4.86. The molecular weight excluding hydrogens is 274 g/mol. The van der Waals surface area contributed by atoms with Crippen LogP contribution >= 0.6 is 0 Å². The Hall–Kier alpha value is -2.14. The fourth-order valence-electron chi connectivity index (χ4n) is 2.36. The molecule has 0 aliphatic heterocycles. The molecule has 2 aromatic rings. The molecule has 1 unspecified atom stereocenters. The average Bonchev–Trinajstić information content (AvgIpc) is 2.48. The number of benzene rings is 1. The van der Waals surface area contributed by atoms with Gasteiger partial charge in [-0.15, -0.1) is 0 Å². The lowest BCUT2D eigenvalue weighted by atomic mass is 10.0. The van der Waals surface area contributed by atoms with E-state index in [0.29, 0.717) is 5.95 Å². The minimum atomic E-state index is 0.286. The molecule has 22 heavy (non-hydrogen) atoms. The van der Waals surface area contributed by atoms with Crippen LogP contribution in [0.2, 0.25) is 0 Å². The highest BCUT2D eigenvalue weighted by atomic mass is 15.2. The van der Waals surface area contributed by atoms with Crippen molar-refractivity contribution in [3.8, 4) is 0 Å². The molecule has 0 fully saturated rings. The Morgan fingerprint density at radius 3 is 2.36 bits per heavy atom. The van der Waals surface area contributed by atoms with E-state index in [1.807, 2.05) is 20.0 Å². The number of anilines is 2. The summed E-state index contributed by atoms with van der Waals surface area (Å²) >= 11 is 0. The zero-order valence-electron chi connectivity index (χ0n) is 14.0. The van der Waals surface area contributed by atoms with Crippen LogP contribution in [-0.4, -0.2) is 42.6 Å². The first-order chi connectivity index (χ1) is 10.5. The first kappa shape index (κ1) is 16.2. The molecule has 1 aromatic heterocycles. The smallest absolute Gasteiger partial charge is 0.224 e. The average molecular weight is 299 g/mol. The van der Waals surface area contributed by atoms with Crippen molar-refractivity contribution in [1.82, 2.24) is 14.9 Å². The summed E-state index contributed by atoms with van der Waals surface area (Å²) in [6.07, 6.45) is 0. The van der Waals surface area contributed by atoms with Crippen molar-refractivity contribution in [1.29, 1.82) is 0 Å². The number of aryl methyl sites for hydroxylation is 2. The highest BCUT2D eigenvalue weighted by Crippen LogP contribution is 2.20. The SMILES string of the molecule is CNc1nc(C)cc(NCC(c2ccc(C)cc2)N(C)C)n1. The minimum Gasteiger partial charge on any atom is -0.368 e. The first-order valence-electron chi connectivity index (χ1n) is 7.50. The Bertz CT molecular complexity index is 607. The molecule has 0 bridgehead atoms. The maximum atomic E-state index is 4.44. The molecule has 2 N–H and O–H groups in total. The summed E-state index contributed by atoms with van der Waals surface area (Å²) in [5, 5.41) is 6.41. The number of nitrogens with zero attached hydrogens (tertiary/aromatic N) is 3. The molecule has 0 radical (unpaired) electrons. The van der Waals surface area contributed by atoms with Gasteiger partial charge in [0.15, 0.2) is 0 Å². The summed E-state index contributed by atoms with van der Waals surface area (Å²) in [4.78, 5) is 11.0. The lowest BCUT2D eigenvalue weighted by Gasteiger charge is -2.25. The van der Waals surface area contributed by atoms with Gasteiger partial charge < -0.3 is 15.5 Å².